The van der Waals surface area contributed by atoms with E-state index in [9.17, 15) is 4.79 Å². The zero-order valence-corrected chi connectivity index (χ0v) is 12.6. The number of azo groups is 1. The molecule has 0 unspecified atom stereocenters. The van der Waals surface area contributed by atoms with E-state index in [1.165, 1.54) is 11.8 Å². The highest BCUT2D eigenvalue weighted by Gasteiger charge is 2.27. The van der Waals surface area contributed by atoms with Gasteiger partial charge in [-0.3, -0.25) is 9.69 Å². The topological polar surface area (TPSA) is 45.0 Å². The molecule has 104 valence electrons. The van der Waals surface area contributed by atoms with E-state index < -0.39 is 0 Å². The van der Waals surface area contributed by atoms with Crippen molar-refractivity contribution in [2.24, 2.45) is 10.2 Å². The smallest absolute Gasteiger partial charge is 0.243 e. The highest BCUT2D eigenvalue weighted by molar-refractivity contribution is 8.24. The van der Waals surface area contributed by atoms with Gasteiger partial charge in [0.2, 0.25) is 5.91 Å². The van der Waals surface area contributed by atoms with Gasteiger partial charge in [-0.05, 0) is 36.4 Å². The van der Waals surface area contributed by atoms with Gasteiger partial charge < -0.3 is 0 Å². The van der Waals surface area contributed by atoms with Crippen molar-refractivity contribution >= 4 is 51.3 Å². The Morgan fingerprint density at radius 1 is 0.952 bits per heavy atom. The van der Waals surface area contributed by atoms with E-state index in [1.54, 1.807) is 4.90 Å². The first kappa shape index (κ1) is 13.9. The molecule has 3 rings (SSSR count). The molecule has 1 fully saturated rings. The number of anilines is 1. The van der Waals surface area contributed by atoms with E-state index in [1.807, 2.05) is 54.6 Å². The molecule has 0 N–H and O–H groups in total. The summed E-state index contributed by atoms with van der Waals surface area (Å²) in [4.78, 5) is 13.3. The van der Waals surface area contributed by atoms with Crippen LogP contribution in [0.15, 0.2) is 64.8 Å². The summed E-state index contributed by atoms with van der Waals surface area (Å²) < 4.78 is 0.596. The lowest BCUT2D eigenvalue weighted by atomic mass is 10.2. The van der Waals surface area contributed by atoms with Gasteiger partial charge in [0.25, 0.3) is 0 Å². The fourth-order valence-electron chi connectivity index (χ4n) is 1.88. The number of rotatable bonds is 3. The van der Waals surface area contributed by atoms with Crippen LogP contribution in [0.3, 0.4) is 0 Å². The van der Waals surface area contributed by atoms with Crippen LogP contribution in [-0.4, -0.2) is 16.0 Å². The van der Waals surface area contributed by atoms with Crippen LogP contribution in [0, 0.1) is 0 Å². The van der Waals surface area contributed by atoms with Gasteiger partial charge in [0, 0.05) is 0 Å². The third-order valence-corrected chi connectivity index (χ3v) is 4.25. The molecule has 6 heteroatoms. The molecule has 1 aliphatic heterocycles. The van der Waals surface area contributed by atoms with Crippen molar-refractivity contribution in [3.05, 3.63) is 54.6 Å². The van der Waals surface area contributed by atoms with Gasteiger partial charge in [-0.1, -0.05) is 42.2 Å². The Morgan fingerprint density at radius 3 is 2.14 bits per heavy atom. The van der Waals surface area contributed by atoms with Crippen LogP contribution in [0.4, 0.5) is 17.1 Å². The summed E-state index contributed by atoms with van der Waals surface area (Å²) in [6.45, 7) is 0. The van der Waals surface area contributed by atoms with E-state index in [0.29, 0.717) is 10.1 Å². The first-order valence-electron chi connectivity index (χ1n) is 6.30. The van der Waals surface area contributed by atoms with Crippen LogP contribution in [0.1, 0.15) is 0 Å². The summed E-state index contributed by atoms with van der Waals surface area (Å²) in [6, 6.07) is 16.8. The standard InChI is InChI=1S/C15H11N3OS2/c19-14-10-21-15(20)18(14)13-8-6-12(7-9-13)17-16-11-4-2-1-3-5-11/h1-9H,10H2. The number of carbonyl (C=O) groups excluding carboxylic acids is 1. The fraction of sp³-hybridized carbons (Fsp3) is 0.0667. The summed E-state index contributed by atoms with van der Waals surface area (Å²) in [5, 5.41) is 8.31. The maximum atomic E-state index is 11.8. The molecule has 0 aliphatic carbocycles. The average Bonchev–Trinajstić information content (AvgIpc) is 2.86. The molecule has 0 atom stereocenters. The molecule has 0 aromatic heterocycles. The van der Waals surface area contributed by atoms with Crippen LogP contribution in [-0.2, 0) is 4.79 Å². The van der Waals surface area contributed by atoms with Gasteiger partial charge >= 0.3 is 0 Å². The quantitative estimate of drug-likeness (QED) is 0.620. The summed E-state index contributed by atoms with van der Waals surface area (Å²) in [5.41, 5.74) is 2.30. The molecule has 0 bridgehead atoms. The number of hydrogen-bond acceptors (Lipinski definition) is 5. The Bertz CT molecular complexity index is 683. The molecule has 1 saturated heterocycles. The molecule has 1 amide bonds. The van der Waals surface area contributed by atoms with Crippen molar-refractivity contribution in [2.45, 2.75) is 0 Å². The maximum absolute atomic E-state index is 11.8. The van der Waals surface area contributed by atoms with E-state index in [-0.39, 0.29) is 5.91 Å². The SMILES string of the molecule is O=C1CSC(=S)N1c1ccc(N=Nc2ccccc2)cc1. The summed E-state index contributed by atoms with van der Waals surface area (Å²) in [5.74, 6) is 0.428. The van der Waals surface area contributed by atoms with E-state index in [0.717, 1.165) is 17.1 Å². The predicted octanol–water partition coefficient (Wildman–Crippen LogP) is 4.47. The summed E-state index contributed by atoms with van der Waals surface area (Å²) in [6.07, 6.45) is 0. The minimum absolute atomic E-state index is 0.0173. The summed E-state index contributed by atoms with van der Waals surface area (Å²) >= 11 is 6.56. The zero-order valence-electron chi connectivity index (χ0n) is 11.0. The lowest BCUT2D eigenvalue weighted by Crippen LogP contribution is -2.27. The van der Waals surface area contributed by atoms with E-state index >= 15 is 0 Å². The Labute approximate surface area is 131 Å². The summed E-state index contributed by atoms with van der Waals surface area (Å²) in [7, 11) is 0. The molecule has 21 heavy (non-hydrogen) atoms. The van der Waals surface area contributed by atoms with Gasteiger partial charge in [-0.15, -0.1) is 0 Å². The minimum atomic E-state index is 0.0173. The lowest BCUT2D eigenvalue weighted by molar-refractivity contribution is -0.115. The molecule has 2 aromatic carbocycles. The predicted molar refractivity (Wildman–Crippen MR) is 89.6 cm³/mol. The molecular formula is C15H11N3OS2. The number of amides is 1. The number of carbonyl (C=O) groups is 1. The van der Waals surface area contributed by atoms with E-state index in [2.05, 4.69) is 10.2 Å². The van der Waals surface area contributed by atoms with Crippen LogP contribution in [0.2, 0.25) is 0 Å². The number of thioether (sulfide) groups is 1. The Kier molecular flexibility index (Phi) is 4.08. The lowest BCUT2D eigenvalue weighted by Gasteiger charge is -2.14. The van der Waals surface area contributed by atoms with Gasteiger partial charge in [0.1, 0.15) is 4.32 Å². The molecule has 2 aromatic rings. The molecule has 0 saturated carbocycles. The first-order valence-corrected chi connectivity index (χ1v) is 7.70. The molecule has 4 nitrogen and oxygen atoms in total. The molecule has 0 spiro atoms. The Morgan fingerprint density at radius 2 is 1.57 bits per heavy atom. The Balaban J connectivity index is 1.77. The highest BCUT2D eigenvalue weighted by atomic mass is 32.2. The van der Waals surface area contributed by atoms with Crippen LogP contribution in [0.25, 0.3) is 0 Å². The molecule has 0 radical (unpaired) electrons. The van der Waals surface area contributed by atoms with Gasteiger partial charge in [0.15, 0.2) is 0 Å². The fourth-order valence-corrected chi connectivity index (χ4v) is 2.98. The highest BCUT2D eigenvalue weighted by Crippen LogP contribution is 2.28. The normalized spacial score (nSPS) is 15.1. The molecular weight excluding hydrogens is 302 g/mol. The average molecular weight is 313 g/mol. The second-order valence-electron chi connectivity index (χ2n) is 4.34. The maximum Gasteiger partial charge on any atom is 0.243 e. The van der Waals surface area contributed by atoms with Crippen LogP contribution < -0.4 is 4.90 Å². The van der Waals surface area contributed by atoms with E-state index in [4.69, 9.17) is 12.2 Å². The second-order valence-corrected chi connectivity index (χ2v) is 5.94. The van der Waals surface area contributed by atoms with Gasteiger partial charge in [0.05, 0.1) is 22.8 Å². The van der Waals surface area contributed by atoms with Gasteiger partial charge in [-0.2, -0.15) is 10.2 Å². The third-order valence-electron chi connectivity index (χ3n) is 2.90. The van der Waals surface area contributed by atoms with Crippen molar-refractivity contribution in [2.75, 3.05) is 10.7 Å². The second kappa shape index (κ2) is 6.15. The molecule has 1 aliphatic rings. The third kappa shape index (κ3) is 3.17. The van der Waals surface area contributed by atoms with Crippen molar-refractivity contribution < 1.29 is 4.79 Å². The van der Waals surface area contributed by atoms with Crippen molar-refractivity contribution in [3.63, 3.8) is 0 Å². The van der Waals surface area contributed by atoms with Crippen molar-refractivity contribution in [3.8, 4) is 0 Å². The monoisotopic (exact) mass is 313 g/mol. The Hall–Kier alpha value is -2.05. The zero-order chi connectivity index (χ0) is 14.7. The van der Waals surface area contributed by atoms with Crippen LogP contribution in [0.5, 0.6) is 0 Å². The first-order chi connectivity index (χ1) is 10.2. The van der Waals surface area contributed by atoms with Crippen molar-refractivity contribution in [1.29, 1.82) is 0 Å². The number of nitrogens with zero attached hydrogens (tertiary/aromatic N) is 3. The number of benzene rings is 2. The minimum Gasteiger partial charge on any atom is -0.273 e. The van der Waals surface area contributed by atoms with Crippen LogP contribution >= 0.6 is 24.0 Å². The number of hydrogen-bond donors (Lipinski definition) is 0. The van der Waals surface area contributed by atoms with Gasteiger partial charge in [-0.25, -0.2) is 0 Å². The van der Waals surface area contributed by atoms with Crippen molar-refractivity contribution in [1.82, 2.24) is 0 Å². The largest absolute Gasteiger partial charge is 0.273 e. The molecule has 1 heterocycles. The number of thiocarbonyl (C=S) groups is 1.